The zero-order valence-electron chi connectivity index (χ0n) is 11.8. The van der Waals surface area contributed by atoms with Gasteiger partial charge in [-0.1, -0.05) is 6.07 Å². The number of rotatable bonds is 4. The number of benzene rings is 2. The molecule has 0 aliphatic heterocycles. The molecule has 0 atom stereocenters. The molecule has 2 rings (SSSR count). The summed E-state index contributed by atoms with van der Waals surface area (Å²) >= 11 is 0. The smallest absolute Gasteiger partial charge is 0.744 e. The monoisotopic (exact) mass is 347 g/mol. The van der Waals surface area contributed by atoms with Crippen LogP contribution in [0.2, 0.25) is 0 Å². The van der Waals surface area contributed by atoms with Gasteiger partial charge in [0.2, 0.25) is 0 Å². The van der Waals surface area contributed by atoms with Crippen LogP contribution in [0.4, 0.5) is 5.69 Å². The van der Waals surface area contributed by atoms with Crippen molar-refractivity contribution in [3.63, 3.8) is 0 Å². The van der Waals surface area contributed by atoms with Gasteiger partial charge in [-0.05, 0) is 36.8 Å². The normalized spacial score (nSPS) is 10.6. The standard InChI is InChI=1S/C13H11NO6S.K/c1-9-2-5-12(8-13(9)21(17,18)19)20-11-6-3-10(4-7-11)14(15)16;/h2-8H,1H3,(H,17,18,19);/q;+1/p-1. The maximum absolute atomic E-state index is 11.1. The van der Waals surface area contributed by atoms with Crippen molar-refractivity contribution in [2.45, 2.75) is 11.8 Å². The van der Waals surface area contributed by atoms with Gasteiger partial charge >= 0.3 is 51.4 Å². The molecular formula is C13H10KNO6S. The quantitative estimate of drug-likeness (QED) is 0.322. The SMILES string of the molecule is Cc1ccc(Oc2ccc([N+](=O)[O-])cc2)cc1S(=O)(=O)[O-].[K+]. The van der Waals surface area contributed by atoms with Crippen LogP contribution >= 0.6 is 0 Å². The van der Waals surface area contributed by atoms with E-state index in [0.29, 0.717) is 11.3 Å². The van der Waals surface area contributed by atoms with E-state index < -0.39 is 15.0 Å². The molecule has 2 aromatic carbocycles. The molecule has 0 saturated heterocycles. The fraction of sp³-hybridized carbons (Fsp3) is 0.0769. The van der Waals surface area contributed by atoms with Crippen molar-refractivity contribution in [3.8, 4) is 11.5 Å². The second-order valence-corrected chi connectivity index (χ2v) is 5.58. The number of hydrogen-bond acceptors (Lipinski definition) is 6. The van der Waals surface area contributed by atoms with Crippen molar-refractivity contribution in [3.05, 3.63) is 58.1 Å². The van der Waals surface area contributed by atoms with Gasteiger partial charge in [0, 0.05) is 12.1 Å². The fourth-order valence-electron chi connectivity index (χ4n) is 1.69. The molecule has 7 nitrogen and oxygen atoms in total. The van der Waals surface area contributed by atoms with Gasteiger partial charge in [0.15, 0.2) is 0 Å². The van der Waals surface area contributed by atoms with Gasteiger partial charge in [-0.2, -0.15) is 0 Å². The van der Waals surface area contributed by atoms with Crippen molar-refractivity contribution >= 4 is 15.8 Å². The van der Waals surface area contributed by atoms with E-state index in [1.165, 1.54) is 43.3 Å². The molecule has 22 heavy (non-hydrogen) atoms. The molecular weight excluding hydrogens is 337 g/mol. The molecule has 0 bridgehead atoms. The molecule has 0 heterocycles. The fourth-order valence-corrected chi connectivity index (χ4v) is 2.41. The van der Waals surface area contributed by atoms with Crippen LogP contribution in [-0.2, 0) is 10.1 Å². The van der Waals surface area contributed by atoms with E-state index in [2.05, 4.69) is 0 Å². The zero-order chi connectivity index (χ0) is 15.6. The zero-order valence-corrected chi connectivity index (χ0v) is 15.8. The summed E-state index contributed by atoms with van der Waals surface area (Å²) in [6.07, 6.45) is 0. The summed E-state index contributed by atoms with van der Waals surface area (Å²) < 4.78 is 38.7. The van der Waals surface area contributed by atoms with Gasteiger partial charge in [-0.25, -0.2) is 8.42 Å². The Morgan fingerprint density at radius 1 is 1.05 bits per heavy atom. The number of nitro benzene ring substituents is 1. The van der Waals surface area contributed by atoms with Gasteiger partial charge < -0.3 is 9.29 Å². The number of ether oxygens (including phenoxy) is 1. The first-order valence-corrected chi connectivity index (χ1v) is 7.17. The molecule has 9 heteroatoms. The maximum Gasteiger partial charge on any atom is 1.00 e. The van der Waals surface area contributed by atoms with Crippen molar-refractivity contribution in [1.82, 2.24) is 0 Å². The summed E-state index contributed by atoms with van der Waals surface area (Å²) in [4.78, 5) is 9.62. The summed E-state index contributed by atoms with van der Waals surface area (Å²) in [7, 11) is -4.59. The summed E-state index contributed by atoms with van der Waals surface area (Å²) in [5.74, 6) is 0.447. The van der Waals surface area contributed by atoms with Gasteiger partial charge in [0.1, 0.15) is 21.6 Å². The molecule has 0 saturated carbocycles. The van der Waals surface area contributed by atoms with Crippen LogP contribution in [0.15, 0.2) is 47.4 Å². The van der Waals surface area contributed by atoms with Crippen LogP contribution in [0.25, 0.3) is 0 Å². The van der Waals surface area contributed by atoms with Crippen LogP contribution in [0, 0.1) is 17.0 Å². The predicted molar refractivity (Wildman–Crippen MR) is 72.3 cm³/mol. The molecule has 0 radical (unpaired) electrons. The minimum absolute atomic E-state index is 0. The van der Waals surface area contributed by atoms with Crippen molar-refractivity contribution in [1.29, 1.82) is 0 Å². The van der Waals surface area contributed by atoms with E-state index in [4.69, 9.17) is 4.74 Å². The third-order valence-corrected chi connectivity index (χ3v) is 3.69. The minimum atomic E-state index is -4.59. The Hall–Kier alpha value is -0.814. The summed E-state index contributed by atoms with van der Waals surface area (Å²) in [6, 6.07) is 9.35. The Balaban J connectivity index is 0.00000242. The van der Waals surface area contributed by atoms with Gasteiger partial charge in [0.05, 0.1) is 9.82 Å². The Bertz CT molecular complexity index is 789. The molecule has 0 unspecified atom stereocenters. The van der Waals surface area contributed by atoms with Crippen LogP contribution in [-0.4, -0.2) is 17.9 Å². The van der Waals surface area contributed by atoms with E-state index in [-0.39, 0.29) is 67.7 Å². The third-order valence-electron chi connectivity index (χ3n) is 2.71. The second-order valence-electron chi connectivity index (χ2n) is 4.23. The first kappa shape index (κ1) is 19.2. The third kappa shape index (κ3) is 4.85. The van der Waals surface area contributed by atoms with Crippen molar-refractivity contribution < 1.29 is 74.0 Å². The molecule has 2 aromatic rings. The maximum atomic E-state index is 11.1. The molecule has 0 fully saturated rings. The number of hydrogen-bond donors (Lipinski definition) is 0. The molecule has 0 N–H and O–H groups in total. The molecule has 0 spiro atoms. The summed E-state index contributed by atoms with van der Waals surface area (Å²) in [5.41, 5.74) is 0.232. The molecule has 0 aliphatic rings. The minimum Gasteiger partial charge on any atom is -0.744 e. The van der Waals surface area contributed by atoms with Crippen LogP contribution < -0.4 is 56.1 Å². The number of non-ortho nitro benzene ring substituents is 1. The van der Waals surface area contributed by atoms with E-state index in [9.17, 15) is 23.1 Å². The van der Waals surface area contributed by atoms with E-state index in [0.717, 1.165) is 6.07 Å². The first-order valence-electron chi connectivity index (χ1n) is 5.76. The van der Waals surface area contributed by atoms with Crippen molar-refractivity contribution in [2.75, 3.05) is 0 Å². The van der Waals surface area contributed by atoms with E-state index >= 15 is 0 Å². The average Bonchev–Trinajstić information content (AvgIpc) is 2.40. The van der Waals surface area contributed by atoms with Gasteiger partial charge in [-0.3, -0.25) is 10.1 Å². The number of aryl methyl sites for hydroxylation is 1. The van der Waals surface area contributed by atoms with Crippen molar-refractivity contribution in [2.24, 2.45) is 0 Å². The Labute approximate surface area is 169 Å². The van der Waals surface area contributed by atoms with Crippen LogP contribution in [0.3, 0.4) is 0 Å². The Morgan fingerprint density at radius 3 is 2.09 bits per heavy atom. The largest absolute Gasteiger partial charge is 1.00 e. The molecule has 0 aliphatic carbocycles. The molecule has 110 valence electrons. The van der Waals surface area contributed by atoms with Gasteiger partial charge in [-0.15, -0.1) is 0 Å². The number of nitrogens with zero attached hydrogens (tertiary/aromatic N) is 1. The second kappa shape index (κ2) is 7.64. The van der Waals surface area contributed by atoms with Gasteiger partial charge in [0.25, 0.3) is 5.69 Å². The molecule has 0 aromatic heterocycles. The summed E-state index contributed by atoms with van der Waals surface area (Å²) in [5, 5.41) is 10.5. The average molecular weight is 347 g/mol. The first-order chi connectivity index (χ1) is 9.77. The van der Waals surface area contributed by atoms with E-state index in [1.54, 1.807) is 0 Å². The predicted octanol–water partition coefficient (Wildman–Crippen LogP) is -0.396. The van der Waals surface area contributed by atoms with Crippen LogP contribution in [0.5, 0.6) is 11.5 Å². The molecule has 0 amide bonds. The van der Waals surface area contributed by atoms with E-state index in [1.807, 2.05) is 0 Å². The summed E-state index contributed by atoms with van der Waals surface area (Å²) in [6.45, 7) is 1.50. The Kier molecular flexibility index (Phi) is 6.68. The van der Waals surface area contributed by atoms with Crippen LogP contribution in [0.1, 0.15) is 5.56 Å². The topological polar surface area (TPSA) is 110 Å². The Morgan fingerprint density at radius 2 is 1.59 bits per heavy atom. The number of nitro groups is 1.